The predicted octanol–water partition coefficient (Wildman–Crippen LogP) is 2.77. The summed E-state index contributed by atoms with van der Waals surface area (Å²) in [5, 5.41) is 6.01. The molecule has 1 aliphatic rings. The molecular formula is C18H15FN4O3. The highest BCUT2D eigenvalue weighted by atomic mass is 19.1. The molecule has 2 aromatic heterocycles. The lowest BCUT2D eigenvalue weighted by Gasteiger charge is -2.25. The molecule has 26 heavy (non-hydrogen) atoms. The maximum Gasteiger partial charge on any atom is 0.278 e. The number of aromatic nitrogens is 1. The first-order valence-corrected chi connectivity index (χ1v) is 8.02. The van der Waals surface area contributed by atoms with Crippen LogP contribution in [0.25, 0.3) is 11.0 Å². The zero-order chi connectivity index (χ0) is 17.9. The molecule has 0 radical (unpaired) electrons. The van der Waals surface area contributed by atoms with Crippen LogP contribution in [-0.2, 0) is 11.4 Å². The number of para-hydroxylation sites is 1. The summed E-state index contributed by atoms with van der Waals surface area (Å²) >= 11 is 0. The van der Waals surface area contributed by atoms with Gasteiger partial charge in [-0.2, -0.15) is 14.5 Å². The Bertz CT molecular complexity index is 972. The van der Waals surface area contributed by atoms with Gasteiger partial charge in [0.25, 0.3) is 6.01 Å². The fourth-order valence-corrected chi connectivity index (χ4v) is 2.71. The first-order valence-electron chi connectivity index (χ1n) is 8.02. The highest BCUT2D eigenvalue weighted by Gasteiger charge is 2.14. The number of carbonyl (C=O) groups excluding carboxylic acids is 1. The van der Waals surface area contributed by atoms with Gasteiger partial charge in [-0.3, -0.25) is 4.79 Å². The number of anilines is 1. The van der Waals surface area contributed by atoms with Gasteiger partial charge in [-0.05, 0) is 6.07 Å². The number of benzene rings is 1. The molecule has 4 rings (SSSR count). The number of hydrogen-bond donors (Lipinski definition) is 0. The second-order valence-electron chi connectivity index (χ2n) is 5.70. The first kappa shape index (κ1) is 16.1. The van der Waals surface area contributed by atoms with Gasteiger partial charge in [0.1, 0.15) is 24.3 Å². The van der Waals surface area contributed by atoms with E-state index in [0.29, 0.717) is 42.2 Å². The van der Waals surface area contributed by atoms with Gasteiger partial charge >= 0.3 is 0 Å². The quantitative estimate of drug-likeness (QED) is 0.659. The summed E-state index contributed by atoms with van der Waals surface area (Å²) in [6.07, 6.45) is 2.23. The van der Waals surface area contributed by atoms with E-state index in [-0.39, 0.29) is 6.61 Å². The van der Waals surface area contributed by atoms with Gasteiger partial charge in [-0.25, -0.2) is 5.01 Å². The van der Waals surface area contributed by atoms with Crippen LogP contribution < -0.4 is 9.64 Å². The van der Waals surface area contributed by atoms with Crippen LogP contribution in [0.3, 0.4) is 0 Å². The zero-order valence-electron chi connectivity index (χ0n) is 13.7. The largest absolute Gasteiger partial charge is 0.473 e. The fourth-order valence-electron chi connectivity index (χ4n) is 2.71. The van der Waals surface area contributed by atoms with E-state index in [0.717, 1.165) is 5.56 Å². The van der Waals surface area contributed by atoms with E-state index in [4.69, 9.17) is 9.15 Å². The van der Waals surface area contributed by atoms with Crippen molar-refractivity contribution in [1.82, 2.24) is 9.99 Å². The first-order chi connectivity index (χ1) is 12.7. The number of fused-ring (bicyclic) bond motifs is 1. The van der Waals surface area contributed by atoms with Crippen molar-refractivity contribution >= 4 is 29.5 Å². The zero-order valence-corrected chi connectivity index (χ0v) is 13.7. The van der Waals surface area contributed by atoms with Crippen molar-refractivity contribution in [3.63, 3.8) is 0 Å². The van der Waals surface area contributed by atoms with Crippen molar-refractivity contribution in [2.24, 2.45) is 5.10 Å². The molecule has 1 aliphatic heterocycles. The van der Waals surface area contributed by atoms with Gasteiger partial charge in [0, 0.05) is 29.6 Å². The number of ether oxygens (including phenoxy) is 1. The van der Waals surface area contributed by atoms with E-state index < -0.39 is 6.01 Å². The Morgan fingerprint density at radius 2 is 2.12 bits per heavy atom. The molecule has 0 saturated carbocycles. The second kappa shape index (κ2) is 6.83. The summed E-state index contributed by atoms with van der Waals surface area (Å²) in [4.78, 5) is 17.0. The maximum atomic E-state index is 13.3. The Balaban J connectivity index is 1.50. The molecule has 0 unspecified atom stereocenters. The molecule has 0 N–H and O–H groups in total. The molecular weight excluding hydrogens is 339 g/mol. The van der Waals surface area contributed by atoms with Crippen molar-refractivity contribution in [3.05, 3.63) is 54.0 Å². The van der Waals surface area contributed by atoms with E-state index in [1.807, 2.05) is 29.2 Å². The van der Waals surface area contributed by atoms with Crippen LogP contribution in [0.4, 0.5) is 10.2 Å². The minimum atomic E-state index is -0.624. The standard InChI is InChI=1S/C18H15FN4O3/c19-15-9-13-3-1-4-14(18(13)26-15)10-25-17-6-2-5-16(21-17)22-7-8-23(12-24)20-11-22/h1-6,9,11-12H,7-8,10H2. The van der Waals surface area contributed by atoms with Crippen molar-refractivity contribution < 1.29 is 18.3 Å². The molecule has 1 aromatic carbocycles. The number of hydrogen-bond acceptors (Lipinski definition) is 6. The Morgan fingerprint density at radius 1 is 1.23 bits per heavy atom. The van der Waals surface area contributed by atoms with Crippen LogP contribution in [0.15, 0.2) is 52.0 Å². The monoisotopic (exact) mass is 354 g/mol. The Hall–Kier alpha value is -3.42. The molecule has 0 aliphatic carbocycles. The third-order valence-electron chi connectivity index (χ3n) is 4.01. The van der Waals surface area contributed by atoms with Crippen LogP contribution in [0.2, 0.25) is 0 Å². The van der Waals surface area contributed by atoms with Gasteiger partial charge in [0.2, 0.25) is 12.3 Å². The molecule has 7 nitrogen and oxygen atoms in total. The lowest BCUT2D eigenvalue weighted by atomic mass is 10.2. The molecule has 0 bridgehead atoms. The normalized spacial score (nSPS) is 14.0. The van der Waals surface area contributed by atoms with Crippen LogP contribution in [0, 0.1) is 6.01 Å². The van der Waals surface area contributed by atoms with Crippen molar-refractivity contribution in [2.75, 3.05) is 18.0 Å². The number of carbonyl (C=O) groups is 1. The van der Waals surface area contributed by atoms with Gasteiger partial charge in [0.15, 0.2) is 0 Å². The molecule has 1 amide bonds. The van der Waals surface area contributed by atoms with Gasteiger partial charge in [0.05, 0.1) is 6.54 Å². The minimum absolute atomic E-state index is 0.202. The van der Waals surface area contributed by atoms with Crippen molar-refractivity contribution in [3.8, 4) is 5.88 Å². The number of hydrazone groups is 1. The van der Waals surface area contributed by atoms with Crippen LogP contribution >= 0.6 is 0 Å². The average molecular weight is 354 g/mol. The summed E-state index contributed by atoms with van der Waals surface area (Å²) in [7, 11) is 0. The van der Waals surface area contributed by atoms with Gasteiger partial charge < -0.3 is 14.1 Å². The average Bonchev–Trinajstić information content (AvgIpc) is 3.07. The Morgan fingerprint density at radius 3 is 2.92 bits per heavy atom. The molecule has 132 valence electrons. The van der Waals surface area contributed by atoms with Gasteiger partial charge in [-0.1, -0.05) is 24.3 Å². The summed E-state index contributed by atoms with van der Waals surface area (Å²) in [5.41, 5.74) is 1.21. The SMILES string of the molecule is O=CN1CCN(c2cccc(OCc3cccc4cc(F)oc34)n2)C=N1. The van der Waals surface area contributed by atoms with E-state index >= 15 is 0 Å². The molecule has 3 aromatic rings. The summed E-state index contributed by atoms with van der Waals surface area (Å²) in [6, 6.07) is 11.5. The van der Waals surface area contributed by atoms with Crippen LogP contribution in [0.1, 0.15) is 5.56 Å². The summed E-state index contributed by atoms with van der Waals surface area (Å²) in [6.45, 7) is 1.27. The summed E-state index contributed by atoms with van der Waals surface area (Å²) < 4.78 is 24.2. The molecule has 0 saturated heterocycles. The molecule has 8 heteroatoms. The Labute approximate surface area is 148 Å². The van der Waals surface area contributed by atoms with E-state index in [1.165, 1.54) is 11.1 Å². The number of amides is 1. The highest BCUT2D eigenvalue weighted by molar-refractivity contribution is 5.80. The third kappa shape index (κ3) is 3.21. The maximum absolute atomic E-state index is 13.3. The topological polar surface area (TPSA) is 71.2 Å². The van der Waals surface area contributed by atoms with E-state index in [9.17, 15) is 9.18 Å². The van der Waals surface area contributed by atoms with E-state index in [1.54, 1.807) is 18.5 Å². The number of rotatable bonds is 5. The minimum Gasteiger partial charge on any atom is -0.473 e. The Kier molecular flexibility index (Phi) is 4.22. The molecule has 3 heterocycles. The number of nitrogens with zero attached hydrogens (tertiary/aromatic N) is 4. The second-order valence-corrected chi connectivity index (χ2v) is 5.70. The number of furan rings is 1. The molecule has 0 atom stereocenters. The lowest BCUT2D eigenvalue weighted by molar-refractivity contribution is -0.118. The highest BCUT2D eigenvalue weighted by Crippen LogP contribution is 2.24. The van der Waals surface area contributed by atoms with Crippen LogP contribution in [-0.4, -0.2) is 35.8 Å². The number of pyridine rings is 1. The van der Waals surface area contributed by atoms with Crippen molar-refractivity contribution in [1.29, 1.82) is 0 Å². The predicted molar refractivity (Wildman–Crippen MR) is 93.3 cm³/mol. The van der Waals surface area contributed by atoms with Crippen LogP contribution in [0.5, 0.6) is 5.88 Å². The number of halogens is 1. The molecule has 0 spiro atoms. The fraction of sp³-hybridized carbons (Fsp3) is 0.167. The molecule has 0 fully saturated rings. The lowest BCUT2D eigenvalue weighted by Crippen LogP contribution is -2.37. The summed E-state index contributed by atoms with van der Waals surface area (Å²) in [5.74, 6) is 1.09. The third-order valence-corrected chi connectivity index (χ3v) is 4.01. The smallest absolute Gasteiger partial charge is 0.278 e. The van der Waals surface area contributed by atoms with E-state index in [2.05, 4.69) is 10.1 Å². The van der Waals surface area contributed by atoms with Crippen molar-refractivity contribution in [2.45, 2.75) is 6.61 Å². The van der Waals surface area contributed by atoms with Gasteiger partial charge in [-0.15, -0.1) is 0 Å².